The first-order chi connectivity index (χ1) is 11.5. The van der Waals surface area contributed by atoms with Crippen LogP contribution in [-0.2, 0) is 4.79 Å². The van der Waals surface area contributed by atoms with Crippen LogP contribution in [0.25, 0.3) is 0 Å². The summed E-state index contributed by atoms with van der Waals surface area (Å²) < 4.78 is 5.93. The van der Waals surface area contributed by atoms with Gasteiger partial charge in [-0.15, -0.1) is 0 Å². The van der Waals surface area contributed by atoms with Crippen LogP contribution in [0.4, 0.5) is 0 Å². The summed E-state index contributed by atoms with van der Waals surface area (Å²) in [4.78, 5) is 12.7. The van der Waals surface area contributed by atoms with Crippen LogP contribution in [0.1, 0.15) is 52.2 Å². The van der Waals surface area contributed by atoms with E-state index in [0.29, 0.717) is 13.0 Å². The van der Waals surface area contributed by atoms with E-state index in [0.717, 1.165) is 16.9 Å². The second-order valence-electron chi connectivity index (χ2n) is 8.48. The Morgan fingerprint density at radius 2 is 1.88 bits per heavy atom. The number of nitrogens with zero attached hydrogens (tertiary/aromatic N) is 1. The average Bonchev–Trinajstić information content (AvgIpc) is 2.66. The lowest BCUT2D eigenvalue weighted by atomic mass is 9.86. The first-order valence-electron chi connectivity index (χ1n) is 8.95. The van der Waals surface area contributed by atoms with E-state index in [9.17, 15) is 10.0 Å². The third kappa shape index (κ3) is 3.98. The molecule has 1 aliphatic rings. The number of nitrogens with one attached hydrogen (secondary N) is 1. The molecule has 2 unspecified atom stereocenters. The lowest BCUT2D eigenvalue weighted by molar-refractivity contribution is -0.197. The third-order valence-corrected chi connectivity index (χ3v) is 5.27. The van der Waals surface area contributed by atoms with Gasteiger partial charge in [-0.25, -0.2) is 0 Å². The van der Waals surface area contributed by atoms with Gasteiger partial charge in [-0.2, -0.15) is 5.06 Å². The molecular weight excluding hydrogens is 316 g/mol. The molecule has 0 aromatic heterocycles. The van der Waals surface area contributed by atoms with Crippen molar-refractivity contribution in [2.24, 2.45) is 5.92 Å². The molecule has 5 nitrogen and oxygen atoms in total. The molecule has 2 rings (SSSR count). The van der Waals surface area contributed by atoms with Gasteiger partial charge in [0.15, 0.2) is 0 Å². The number of para-hydroxylation sites is 1. The van der Waals surface area contributed by atoms with Crippen LogP contribution in [0.15, 0.2) is 18.2 Å². The second-order valence-corrected chi connectivity index (χ2v) is 8.48. The predicted octanol–water partition coefficient (Wildman–Crippen LogP) is 3.46. The molecule has 1 fully saturated rings. The van der Waals surface area contributed by atoms with Gasteiger partial charge in [0.25, 0.3) is 0 Å². The second kappa shape index (κ2) is 6.96. The lowest BCUT2D eigenvalue weighted by Crippen LogP contribution is -2.51. The molecule has 25 heavy (non-hydrogen) atoms. The number of carbonyl (C=O) groups excluding carboxylic acids is 1. The molecule has 2 atom stereocenters. The molecule has 0 saturated carbocycles. The summed E-state index contributed by atoms with van der Waals surface area (Å²) in [5, 5.41) is 14.7. The van der Waals surface area contributed by atoms with Crippen LogP contribution in [0, 0.1) is 19.8 Å². The quantitative estimate of drug-likeness (QED) is 0.855. The van der Waals surface area contributed by atoms with Crippen LogP contribution in [0.3, 0.4) is 0 Å². The fraction of sp³-hybridized carbons (Fsp3) is 0.650. The summed E-state index contributed by atoms with van der Waals surface area (Å²) in [5.74, 6) is 0.579. The van der Waals surface area contributed by atoms with E-state index in [1.165, 1.54) is 5.06 Å². The van der Waals surface area contributed by atoms with Crippen molar-refractivity contribution in [3.05, 3.63) is 29.3 Å². The Morgan fingerprint density at radius 3 is 2.36 bits per heavy atom. The fourth-order valence-corrected chi connectivity index (χ4v) is 3.80. The van der Waals surface area contributed by atoms with E-state index in [1.807, 2.05) is 66.7 Å². The number of benzene rings is 1. The van der Waals surface area contributed by atoms with Gasteiger partial charge in [0, 0.05) is 5.54 Å². The minimum Gasteiger partial charge on any atom is -0.491 e. The van der Waals surface area contributed by atoms with E-state index >= 15 is 0 Å². The smallest absolute Gasteiger partial charge is 0.225 e. The van der Waals surface area contributed by atoms with E-state index in [1.54, 1.807) is 0 Å². The maximum Gasteiger partial charge on any atom is 0.225 e. The molecule has 0 radical (unpaired) electrons. The van der Waals surface area contributed by atoms with E-state index in [-0.39, 0.29) is 17.9 Å². The van der Waals surface area contributed by atoms with Gasteiger partial charge < -0.3 is 15.3 Å². The van der Waals surface area contributed by atoms with Crippen molar-refractivity contribution in [2.45, 2.75) is 72.0 Å². The molecule has 2 N–H and O–H groups in total. The van der Waals surface area contributed by atoms with Crippen molar-refractivity contribution < 1.29 is 14.7 Å². The summed E-state index contributed by atoms with van der Waals surface area (Å²) in [5.41, 5.74) is 1.17. The largest absolute Gasteiger partial charge is 0.491 e. The standard InChI is InChI=1S/C20H32N2O3/c1-13-9-8-10-14(2)17(13)25-12-15(3)21-18(23)16-11-19(4,5)22(24)20(16,6)7/h8-10,15-16,24H,11-12H2,1-7H3,(H,21,23). The number of hydroxylamine groups is 2. The average molecular weight is 348 g/mol. The molecule has 1 aromatic carbocycles. The molecule has 1 aromatic rings. The minimum absolute atomic E-state index is 0.0350. The van der Waals surface area contributed by atoms with Gasteiger partial charge in [0.05, 0.1) is 17.5 Å². The van der Waals surface area contributed by atoms with Crippen LogP contribution < -0.4 is 10.1 Å². The van der Waals surface area contributed by atoms with E-state index in [4.69, 9.17) is 4.74 Å². The molecule has 1 heterocycles. The highest BCUT2D eigenvalue weighted by atomic mass is 16.5. The van der Waals surface area contributed by atoms with Crippen molar-refractivity contribution in [1.82, 2.24) is 10.4 Å². The highest BCUT2D eigenvalue weighted by Gasteiger charge is 2.54. The molecule has 0 spiro atoms. The first kappa shape index (κ1) is 19.7. The van der Waals surface area contributed by atoms with Crippen LogP contribution in [-0.4, -0.2) is 39.9 Å². The summed E-state index contributed by atoms with van der Waals surface area (Å²) in [6.07, 6.45) is 0.618. The molecule has 0 aliphatic carbocycles. The topological polar surface area (TPSA) is 61.8 Å². The predicted molar refractivity (Wildman–Crippen MR) is 98.9 cm³/mol. The summed E-state index contributed by atoms with van der Waals surface area (Å²) in [6, 6.07) is 5.93. The van der Waals surface area contributed by atoms with Gasteiger partial charge in [-0.3, -0.25) is 4.79 Å². The molecule has 1 amide bonds. The van der Waals surface area contributed by atoms with Gasteiger partial charge in [0.2, 0.25) is 5.91 Å². The van der Waals surface area contributed by atoms with Crippen molar-refractivity contribution in [2.75, 3.05) is 6.61 Å². The molecule has 0 bridgehead atoms. The Morgan fingerprint density at radius 1 is 1.32 bits per heavy atom. The van der Waals surface area contributed by atoms with Crippen molar-refractivity contribution >= 4 is 5.91 Å². The van der Waals surface area contributed by atoms with Crippen molar-refractivity contribution in [3.63, 3.8) is 0 Å². The molecule has 140 valence electrons. The van der Waals surface area contributed by atoms with Crippen molar-refractivity contribution in [3.8, 4) is 5.75 Å². The van der Waals surface area contributed by atoms with Gasteiger partial charge >= 0.3 is 0 Å². The molecule has 1 aliphatic heterocycles. The van der Waals surface area contributed by atoms with Crippen LogP contribution in [0.5, 0.6) is 5.75 Å². The first-order valence-corrected chi connectivity index (χ1v) is 8.95. The monoisotopic (exact) mass is 348 g/mol. The van der Waals surface area contributed by atoms with E-state index in [2.05, 4.69) is 5.32 Å². The highest BCUT2D eigenvalue weighted by Crippen LogP contribution is 2.43. The number of aryl methyl sites for hydroxylation is 2. The summed E-state index contributed by atoms with van der Waals surface area (Å²) in [7, 11) is 0. The summed E-state index contributed by atoms with van der Waals surface area (Å²) in [6.45, 7) is 14.1. The normalized spacial score (nSPS) is 23.3. The Hall–Kier alpha value is -1.59. The number of hydrogen-bond donors (Lipinski definition) is 2. The Balaban J connectivity index is 1.97. The number of carbonyl (C=O) groups is 1. The van der Waals surface area contributed by atoms with Gasteiger partial charge in [0.1, 0.15) is 12.4 Å². The molecule has 1 saturated heterocycles. The van der Waals surface area contributed by atoms with Gasteiger partial charge in [-0.05, 0) is 66.0 Å². The minimum atomic E-state index is -0.596. The fourth-order valence-electron chi connectivity index (χ4n) is 3.80. The highest BCUT2D eigenvalue weighted by molar-refractivity contribution is 5.81. The maximum absolute atomic E-state index is 12.7. The number of ether oxygens (including phenoxy) is 1. The lowest BCUT2D eigenvalue weighted by Gasteiger charge is -2.35. The van der Waals surface area contributed by atoms with Crippen LogP contribution in [0.2, 0.25) is 0 Å². The van der Waals surface area contributed by atoms with Crippen molar-refractivity contribution in [1.29, 1.82) is 0 Å². The maximum atomic E-state index is 12.7. The molecule has 5 heteroatoms. The Labute approximate surface area is 151 Å². The third-order valence-electron chi connectivity index (χ3n) is 5.27. The zero-order chi connectivity index (χ0) is 19.0. The number of hydrogen-bond acceptors (Lipinski definition) is 4. The SMILES string of the molecule is Cc1cccc(C)c1OCC(C)NC(=O)C1CC(C)(C)N(O)C1(C)C. The van der Waals surface area contributed by atoms with Gasteiger partial charge in [-0.1, -0.05) is 18.2 Å². The summed E-state index contributed by atoms with van der Waals surface area (Å²) >= 11 is 0. The van der Waals surface area contributed by atoms with E-state index < -0.39 is 11.1 Å². The molecular formula is C20H32N2O3. The number of rotatable bonds is 5. The Bertz CT molecular complexity index is 620. The number of amides is 1. The van der Waals surface area contributed by atoms with Crippen LogP contribution >= 0.6 is 0 Å². The zero-order valence-electron chi connectivity index (χ0n) is 16.5. The Kier molecular flexibility index (Phi) is 5.50. The zero-order valence-corrected chi connectivity index (χ0v) is 16.5.